The Bertz CT molecular complexity index is 369. The molecule has 1 amide bonds. The van der Waals surface area contributed by atoms with Crippen LogP contribution in [0.2, 0.25) is 0 Å². The van der Waals surface area contributed by atoms with Crippen molar-refractivity contribution in [3.63, 3.8) is 0 Å². The van der Waals surface area contributed by atoms with Crippen molar-refractivity contribution in [2.45, 2.75) is 19.4 Å². The van der Waals surface area contributed by atoms with Crippen LogP contribution in [-0.4, -0.2) is 29.9 Å². The minimum absolute atomic E-state index is 0. The molecular formula is C13H19ClN2O. The number of carbonyl (C=O) groups is 1. The summed E-state index contributed by atoms with van der Waals surface area (Å²) in [4.78, 5) is 14.1. The zero-order chi connectivity index (χ0) is 11.5. The van der Waals surface area contributed by atoms with E-state index in [1.54, 1.807) is 0 Å². The van der Waals surface area contributed by atoms with Crippen LogP contribution in [-0.2, 0) is 0 Å². The van der Waals surface area contributed by atoms with Crippen LogP contribution >= 0.6 is 12.4 Å². The zero-order valence-corrected chi connectivity index (χ0v) is 10.8. The van der Waals surface area contributed by atoms with Gasteiger partial charge in [-0.1, -0.05) is 18.2 Å². The highest BCUT2D eigenvalue weighted by Crippen LogP contribution is 2.23. The van der Waals surface area contributed by atoms with E-state index in [4.69, 9.17) is 5.73 Å². The Labute approximate surface area is 108 Å². The van der Waals surface area contributed by atoms with Crippen LogP contribution in [0.1, 0.15) is 23.7 Å². The molecule has 3 nitrogen and oxygen atoms in total. The summed E-state index contributed by atoms with van der Waals surface area (Å²) in [7, 11) is 0. The minimum atomic E-state index is 0. The van der Waals surface area contributed by atoms with Gasteiger partial charge in [-0.2, -0.15) is 0 Å². The lowest BCUT2D eigenvalue weighted by Gasteiger charge is -2.21. The van der Waals surface area contributed by atoms with Crippen molar-refractivity contribution in [2.24, 2.45) is 11.7 Å². The van der Waals surface area contributed by atoms with Crippen molar-refractivity contribution in [1.82, 2.24) is 4.90 Å². The monoisotopic (exact) mass is 254 g/mol. The summed E-state index contributed by atoms with van der Waals surface area (Å²) in [5.41, 5.74) is 6.43. The Hall–Kier alpha value is -1.06. The zero-order valence-electron chi connectivity index (χ0n) is 10.0. The van der Waals surface area contributed by atoms with E-state index in [2.05, 4.69) is 6.92 Å². The molecule has 1 heterocycles. The largest absolute Gasteiger partial charge is 0.336 e. The minimum Gasteiger partial charge on any atom is -0.336 e. The van der Waals surface area contributed by atoms with Crippen LogP contribution in [0, 0.1) is 5.92 Å². The van der Waals surface area contributed by atoms with E-state index in [1.807, 2.05) is 35.2 Å². The Morgan fingerprint density at radius 2 is 2.06 bits per heavy atom. The highest BCUT2D eigenvalue weighted by atomic mass is 35.5. The van der Waals surface area contributed by atoms with Gasteiger partial charge >= 0.3 is 0 Å². The van der Waals surface area contributed by atoms with Crippen LogP contribution < -0.4 is 5.73 Å². The molecule has 1 aromatic rings. The van der Waals surface area contributed by atoms with Gasteiger partial charge in [-0.25, -0.2) is 0 Å². The Morgan fingerprint density at radius 3 is 2.59 bits per heavy atom. The van der Waals surface area contributed by atoms with E-state index in [0.717, 1.165) is 18.5 Å². The lowest BCUT2D eigenvalue weighted by Crippen LogP contribution is -2.34. The molecule has 1 saturated heterocycles. The standard InChI is InChI=1S/C13H18N2O.ClH/c1-10-7-11(8-14)9-15(10)13(16)12-5-3-2-4-6-12;/h2-6,10-11H,7-9,14H2,1H3;1H. The third kappa shape index (κ3) is 2.99. The first-order chi connectivity index (χ1) is 7.72. The third-order valence-corrected chi connectivity index (χ3v) is 3.28. The molecule has 4 heteroatoms. The highest BCUT2D eigenvalue weighted by Gasteiger charge is 2.31. The van der Waals surface area contributed by atoms with E-state index in [9.17, 15) is 4.79 Å². The second-order valence-corrected chi connectivity index (χ2v) is 4.51. The Morgan fingerprint density at radius 1 is 1.41 bits per heavy atom. The maximum atomic E-state index is 12.2. The van der Waals surface area contributed by atoms with Crippen molar-refractivity contribution in [1.29, 1.82) is 0 Å². The molecule has 0 spiro atoms. The smallest absolute Gasteiger partial charge is 0.254 e. The first-order valence-electron chi connectivity index (χ1n) is 5.78. The molecule has 0 bridgehead atoms. The fourth-order valence-electron chi connectivity index (χ4n) is 2.34. The number of nitrogens with two attached hydrogens (primary N) is 1. The van der Waals surface area contributed by atoms with Gasteiger partial charge in [0.05, 0.1) is 0 Å². The Balaban J connectivity index is 0.00000144. The van der Waals surface area contributed by atoms with Crippen molar-refractivity contribution in [3.05, 3.63) is 35.9 Å². The summed E-state index contributed by atoms with van der Waals surface area (Å²) in [6.07, 6.45) is 1.02. The number of nitrogens with zero attached hydrogens (tertiary/aromatic N) is 1. The molecule has 2 atom stereocenters. The predicted molar refractivity (Wildman–Crippen MR) is 71.3 cm³/mol. The van der Waals surface area contributed by atoms with Crippen LogP contribution in [0.5, 0.6) is 0 Å². The van der Waals surface area contributed by atoms with Gasteiger partial charge in [-0.15, -0.1) is 12.4 Å². The van der Waals surface area contributed by atoms with Crippen molar-refractivity contribution in [3.8, 4) is 0 Å². The number of amides is 1. The lowest BCUT2D eigenvalue weighted by molar-refractivity contribution is 0.0743. The summed E-state index contributed by atoms with van der Waals surface area (Å²) >= 11 is 0. The van der Waals surface area contributed by atoms with E-state index >= 15 is 0 Å². The van der Waals surface area contributed by atoms with Gasteiger partial charge < -0.3 is 10.6 Å². The van der Waals surface area contributed by atoms with Crippen LogP contribution in [0.4, 0.5) is 0 Å². The number of carbonyl (C=O) groups excluding carboxylic acids is 1. The molecule has 94 valence electrons. The molecule has 0 radical (unpaired) electrons. The van der Waals surface area contributed by atoms with Gasteiger partial charge in [0.1, 0.15) is 0 Å². The van der Waals surface area contributed by atoms with Crippen LogP contribution in [0.15, 0.2) is 30.3 Å². The molecule has 0 aliphatic carbocycles. The molecule has 17 heavy (non-hydrogen) atoms. The number of halogens is 1. The van der Waals surface area contributed by atoms with Gasteiger partial charge in [0, 0.05) is 18.2 Å². The van der Waals surface area contributed by atoms with Crippen molar-refractivity contribution >= 4 is 18.3 Å². The average molecular weight is 255 g/mol. The van der Waals surface area contributed by atoms with Crippen LogP contribution in [0.25, 0.3) is 0 Å². The first kappa shape index (κ1) is 14.0. The quantitative estimate of drug-likeness (QED) is 0.877. The van der Waals surface area contributed by atoms with Gasteiger partial charge in [0.2, 0.25) is 0 Å². The summed E-state index contributed by atoms with van der Waals surface area (Å²) in [5.74, 6) is 0.590. The maximum absolute atomic E-state index is 12.2. The maximum Gasteiger partial charge on any atom is 0.254 e. The molecule has 1 aliphatic heterocycles. The third-order valence-electron chi connectivity index (χ3n) is 3.28. The molecule has 1 aromatic carbocycles. The van der Waals surface area contributed by atoms with Gasteiger partial charge in [0.15, 0.2) is 0 Å². The fraction of sp³-hybridized carbons (Fsp3) is 0.462. The number of hydrogen-bond acceptors (Lipinski definition) is 2. The average Bonchev–Trinajstić information content (AvgIpc) is 2.71. The van der Waals surface area contributed by atoms with E-state index in [-0.39, 0.29) is 18.3 Å². The van der Waals surface area contributed by atoms with E-state index in [1.165, 1.54) is 0 Å². The lowest BCUT2D eigenvalue weighted by atomic mass is 10.1. The van der Waals surface area contributed by atoms with E-state index < -0.39 is 0 Å². The summed E-state index contributed by atoms with van der Waals surface area (Å²) in [5, 5.41) is 0. The van der Waals surface area contributed by atoms with Gasteiger partial charge in [-0.3, -0.25) is 4.79 Å². The van der Waals surface area contributed by atoms with Crippen molar-refractivity contribution in [2.75, 3.05) is 13.1 Å². The summed E-state index contributed by atoms with van der Waals surface area (Å²) in [6, 6.07) is 9.76. The second kappa shape index (κ2) is 6.03. The van der Waals surface area contributed by atoms with Gasteiger partial charge in [-0.05, 0) is 37.9 Å². The summed E-state index contributed by atoms with van der Waals surface area (Å²) in [6.45, 7) is 3.56. The molecular weight excluding hydrogens is 236 g/mol. The molecule has 0 saturated carbocycles. The fourth-order valence-corrected chi connectivity index (χ4v) is 2.34. The van der Waals surface area contributed by atoms with E-state index in [0.29, 0.717) is 18.5 Å². The van der Waals surface area contributed by atoms with Crippen LogP contribution in [0.3, 0.4) is 0 Å². The molecule has 1 aliphatic rings. The highest BCUT2D eigenvalue weighted by molar-refractivity contribution is 5.94. The number of likely N-dealkylation sites (tertiary alicyclic amines) is 1. The number of hydrogen-bond donors (Lipinski definition) is 1. The first-order valence-corrected chi connectivity index (χ1v) is 5.78. The second-order valence-electron chi connectivity index (χ2n) is 4.51. The molecule has 2 unspecified atom stereocenters. The van der Waals surface area contributed by atoms with Crippen molar-refractivity contribution < 1.29 is 4.79 Å². The summed E-state index contributed by atoms with van der Waals surface area (Å²) < 4.78 is 0. The molecule has 2 N–H and O–H groups in total. The normalized spacial score (nSPS) is 23.3. The predicted octanol–water partition coefficient (Wildman–Crippen LogP) is 1.92. The topological polar surface area (TPSA) is 46.3 Å². The SMILES string of the molecule is CC1CC(CN)CN1C(=O)c1ccccc1.Cl. The molecule has 1 fully saturated rings. The molecule has 2 rings (SSSR count). The number of benzene rings is 1. The number of rotatable bonds is 2. The molecule has 0 aromatic heterocycles. The Kier molecular flexibility index (Phi) is 4.97. The van der Waals surface area contributed by atoms with Gasteiger partial charge in [0.25, 0.3) is 5.91 Å².